The summed E-state index contributed by atoms with van der Waals surface area (Å²) in [5.74, 6) is 0.596. The highest BCUT2D eigenvalue weighted by Gasteiger charge is 2.27. The Hall–Kier alpha value is -0.860. The summed E-state index contributed by atoms with van der Waals surface area (Å²) in [7, 11) is 2.22. The van der Waals surface area contributed by atoms with Crippen LogP contribution in [-0.4, -0.2) is 24.0 Å². The molecular formula is C17H28N2. The maximum absolute atomic E-state index is 6.21. The van der Waals surface area contributed by atoms with E-state index in [1.54, 1.807) is 0 Å². The van der Waals surface area contributed by atoms with Crippen molar-refractivity contribution < 1.29 is 0 Å². The molecule has 19 heavy (non-hydrogen) atoms. The molecule has 2 rings (SSSR count). The fraction of sp³-hybridized carbons (Fsp3) is 0.647. The van der Waals surface area contributed by atoms with Gasteiger partial charge in [0.05, 0.1) is 0 Å². The highest BCUT2D eigenvalue weighted by Crippen LogP contribution is 2.25. The van der Waals surface area contributed by atoms with Gasteiger partial charge in [0.25, 0.3) is 0 Å². The molecule has 0 bridgehead atoms. The Bertz CT molecular complexity index is 425. The first-order valence-electron chi connectivity index (χ1n) is 7.54. The predicted octanol–water partition coefficient (Wildman–Crippen LogP) is 3.43. The fourth-order valence-corrected chi connectivity index (χ4v) is 3.12. The van der Waals surface area contributed by atoms with Crippen LogP contribution in [0.25, 0.3) is 0 Å². The van der Waals surface area contributed by atoms with Crippen LogP contribution in [0, 0.1) is 6.92 Å². The van der Waals surface area contributed by atoms with Crippen LogP contribution in [0.1, 0.15) is 55.7 Å². The third kappa shape index (κ3) is 3.37. The van der Waals surface area contributed by atoms with E-state index in [1.165, 1.54) is 36.0 Å². The molecule has 0 saturated heterocycles. The largest absolute Gasteiger partial charge is 0.326 e. The van der Waals surface area contributed by atoms with Crippen LogP contribution in [0.2, 0.25) is 0 Å². The van der Waals surface area contributed by atoms with Gasteiger partial charge in [-0.25, -0.2) is 0 Å². The van der Waals surface area contributed by atoms with E-state index in [-0.39, 0.29) is 0 Å². The van der Waals surface area contributed by atoms with Gasteiger partial charge in [0.15, 0.2) is 0 Å². The van der Waals surface area contributed by atoms with Crippen molar-refractivity contribution in [2.24, 2.45) is 5.73 Å². The van der Waals surface area contributed by atoms with Crippen molar-refractivity contribution in [1.29, 1.82) is 0 Å². The lowest BCUT2D eigenvalue weighted by molar-refractivity contribution is 0.220. The Morgan fingerprint density at radius 3 is 2.63 bits per heavy atom. The highest BCUT2D eigenvalue weighted by atomic mass is 15.1. The van der Waals surface area contributed by atoms with Crippen LogP contribution < -0.4 is 5.73 Å². The summed E-state index contributed by atoms with van der Waals surface area (Å²) in [5.41, 5.74) is 10.5. The van der Waals surface area contributed by atoms with E-state index in [0.29, 0.717) is 18.0 Å². The molecule has 0 heterocycles. The van der Waals surface area contributed by atoms with Crippen LogP contribution in [-0.2, 0) is 6.54 Å². The molecule has 2 N–H and O–H groups in total. The van der Waals surface area contributed by atoms with E-state index in [4.69, 9.17) is 5.73 Å². The summed E-state index contributed by atoms with van der Waals surface area (Å²) in [6, 6.07) is 7.80. The van der Waals surface area contributed by atoms with E-state index in [9.17, 15) is 0 Å². The molecule has 1 aromatic rings. The number of benzene rings is 1. The summed E-state index contributed by atoms with van der Waals surface area (Å²) in [6.07, 6.45) is 3.71. The molecule has 1 aromatic carbocycles. The third-order valence-electron chi connectivity index (χ3n) is 4.56. The molecular weight excluding hydrogens is 232 g/mol. The summed E-state index contributed by atoms with van der Waals surface area (Å²) in [6.45, 7) is 7.74. The van der Waals surface area contributed by atoms with Gasteiger partial charge >= 0.3 is 0 Å². The molecule has 0 amide bonds. The zero-order chi connectivity index (χ0) is 14.0. The molecule has 2 nitrogen and oxygen atoms in total. The monoisotopic (exact) mass is 260 g/mol. The SMILES string of the molecule is Cc1ccc(C(C)C)cc1CN(C)C1CCCC1N. The maximum atomic E-state index is 6.21. The molecule has 2 heteroatoms. The van der Waals surface area contributed by atoms with Crippen molar-refractivity contribution >= 4 is 0 Å². The van der Waals surface area contributed by atoms with Crippen LogP contribution in [0.3, 0.4) is 0 Å². The normalized spacial score (nSPS) is 23.5. The second kappa shape index (κ2) is 6.06. The molecule has 1 saturated carbocycles. The van der Waals surface area contributed by atoms with Gasteiger partial charge in [0.2, 0.25) is 0 Å². The number of aryl methyl sites for hydroxylation is 1. The Labute approximate surface area is 118 Å². The first kappa shape index (κ1) is 14.5. The van der Waals surface area contributed by atoms with Crippen molar-refractivity contribution in [1.82, 2.24) is 4.90 Å². The van der Waals surface area contributed by atoms with Crippen molar-refractivity contribution in [3.05, 3.63) is 34.9 Å². The number of nitrogens with two attached hydrogens (primary N) is 1. The van der Waals surface area contributed by atoms with Gasteiger partial charge in [-0.3, -0.25) is 4.90 Å². The predicted molar refractivity (Wildman–Crippen MR) is 82.3 cm³/mol. The van der Waals surface area contributed by atoms with E-state index in [2.05, 4.69) is 50.9 Å². The average molecular weight is 260 g/mol. The summed E-state index contributed by atoms with van der Waals surface area (Å²) in [4.78, 5) is 2.45. The zero-order valence-corrected chi connectivity index (χ0v) is 12.8. The van der Waals surface area contributed by atoms with Gasteiger partial charge in [0.1, 0.15) is 0 Å². The Morgan fingerprint density at radius 2 is 2.05 bits per heavy atom. The lowest BCUT2D eigenvalue weighted by atomic mass is 9.97. The Morgan fingerprint density at radius 1 is 1.32 bits per heavy atom. The van der Waals surface area contributed by atoms with Crippen molar-refractivity contribution in [3.63, 3.8) is 0 Å². The second-order valence-electron chi connectivity index (χ2n) is 6.42. The van der Waals surface area contributed by atoms with Crippen LogP contribution in [0.15, 0.2) is 18.2 Å². The fourth-order valence-electron chi connectivity index (χ4n) is 3.12. The number of rotatable bonds is 4. The van der Waals surface area contributed by atoms with Gasteiger partial charge in [-0.1, -0.05) is 38.5 Å². The summed E-state index contributed by atoms with van der Waals surface area (Å²) >= 11 is 0. The van der Waals surface area contributed by atoms with Crippen molar-refractivity contribution in [3.8, 4) is 0 Å². The van der Waals surface area contributed by atoms with Crippen LogP contribution in [0.4, 0.5) is 0 Å². The van der Waals surface area contributed by atoms with Crippen molar-refractivity contribution in [2.45, 2.75) is 64.6 Å². The first-order chi connectivity index (χ1) is 8.99. The van der Waals surface area contributed by atoms with Gasteiger partial charge in [-0.15, -0.1) is 0 Å². The molecule has 1 fully saturated rings. The first-order valence-corrected chi connectivity index (χ1v) is 7.54. The number of hydrogen-bond acceptors (Lipinski definition) is 2. The molecule has 1 aliphatic carbocycles. The topological polar surface area (TPSA) is 29.3 Å². The van der Waals surface area contributed by atoms with Crippen LogP contribution >= 0.6 is 0 Å². The Kier molecular flexibility index (Phi) is 4.64. The van der Waals surface area contributed by atoms with Crippen LogP contribution in [0.5, 0.6) is 0 Å². The molecule has 106 valence electrons. The lowest BCUT2D eigenvalue weighted by Gasteiger charge is -2.28. The standard InChI is InChI=1S/C17H28N2/c1-12(2)14-9-8-13(3)15(10-14)11-19(4)17-7-5-6-16(17)18/h8-10,12,16-17H,5-7,11,18H2,1-4H3. The zero-order valence-electron chi connectivity index (χ0n) is 12.8. The maximum Gasteiger partial charge on any atom is 0.0247 e. The van der Waals surface area contributed by atoms with Gasteiger partial charge in [-0.05, 0) is 49.4 Å². The molecule has 0 spiro atoms. The molecule has 2 unspecified atom stereocenters. The lowest BCUT2D eigenvalue weighted by Crippen LogP contribution is -2.41. The van der Waals surface area contributed by atoms with E-state index < -0.39 is 0 Å². The van der Waals surface area contributed by atoms with E-state index >= 15 is 0 Å². The summed E-state index contributed by atoms with van der Waals surface area (Å²) < 4.78 is 0. The molecule has 0 radical (unpaired) electrons. The van der Waals surface area contributed by atoms with Gasteiger partial charge in [0, 0.05) is 18.6 Å². The smallest absolute Gasteiger partial charge is 0.0247 e. The van der Waals surface area contributed by atoms with Crippen molar-refractivity contribution in [2.75, 3.05) is 7.05 Å². The summed E-state index contributed by atoms with van der Waals surface area (Å²) in [5, 5.41) is 0. The quantitative estimate of drug-likeness (QED) is 0.898. The van der Waals surface area contributed by atoms with E-state index in [0.717, 1.165) is 6.54 Å². The molecule has 2 atom stereocenters. The highest BCUT2D eigenvalue weighted by molar-refractivity contribution is 5.32. The third-order valence-corrected chi connectivity index (χ3v) is 4.56. The Balaban J connectivity index is 2.11. The molecule has 0 aromatic heterocycles. The minimum absolute atomic E-state index is 0.360. The number of nitrogens with zero attached hydrogens (tertiary/aromatic N) is 1. The molecule has 0 aliphatic heterocycles. The minimum Gasteiger partial charge on any atom is -0.326 e. The average Bonchev–Trinajstić information content (AvgIpc) is 2.78. The van der Waals surface area contributed by atoms with Gasteiger partial charge in [-0.2, -0.15) is 0 Å². The van der Waals surface area contributed by atoms with E-state index in [1.807, 2.05) is 0 Å². The number of likely N-dealkylation sites (N-methyl/N-ethyl adjacent to an activating group) is 1. The number of hydrogen-bond donors (Lipinski definition) is 1. The minimum atomic E-state index is 0.360. The second-order valence-corrected chi connectivity index (χ2v) is 6.42. The molecule has 1 aliphatic rings. The van der Waals surface area contributed by atoms with Gasteiger partial charge < -0.3 is 5.73 Å².